The summed E-state index contributed by atoms with van der Waals surface area (Å²) in [5.41, 5.74) is 1.96. The standard InChI is InChI=1S/C24H24N6O4S2/c1-25-23(31)15-6-5-7-17(10-15)36(32,33)29-19-11-16(13-26-24(19)34-2)20-12-18-21(35-20)22(28-14-27-18)30-8-3-4-9-30/h5-7,10-14,29H,3-4,8-9H2,1-2H3,(H,25,31). The molecule has 5 rings (SSSR count). The summed E-state index contributed by atoms with van der Waals surface area (Å²) in [5.74, 6) is 0.671. The molecule has 0 unspecified atom stereocenters. The maximum atomic E-state index is 13.2. The van der Waals surface area contributed by atoms with E-state index >= 15 is 0 Å². The van der Waals surface area contributed by atoms with Crippen molar-refractivity contribution in [3.8, 4) is 16.3 Å². The first-order valence-corrected chi connectivity index (χ1v) is 13.6. The molecule has 12 heteroatoms. The minimum atomic E-state index is -4.03. The highest BCUT2D eigenvalue weighted by molar-refractivity contribution is 7.92. The Morgan fingerprint density at radius 1 is 1.11 bits per heavy atom. The SMILES string of the molecule is CNC(=O)c1cccc(S(=O)(=O)Nc2cc(-c3cc4ncnc(N5CCCC5)c4s3)cnc2OC)c1. The lowest BCUT2D eigenvalue weighted by atomic mass is 10.2. The molecule has 0 bridgehead atoms. The number of nitrogens with zero attached hydrogens (tertiary/aromatic N) is 4. The average molecular weight is 525 g/mol. The fraction of sp³-hybridized carbons (Fsp3) is 0.250. The van der Waals surface area contributed by atoms with Crippen LogP contribution in [0.25, 0.3) is 20.7 Å². The third-order valence-electron chi connectivity index (χ3n) is 5.90. The Labute approximate surface area is 212 Å². The van der Waals surface area contributed by atoms with Crippen molar-refractivity contribution in [1.29, 1.82) is 0 Å². The van der Waals surface area contributed by atoms with E-state index < -0.39 is 10.0 Å². The average Bonchev–Trinajstić information content (AvgIpc) is 3.58. The van der Waals surface area contributed by atoms with Gasteiger partial charge in [0.1, 0.15) is 17.8 Å². The van der Waals surface area contributed by atoms with Crippen LogP contribution in [0.4, 0.5) is 11.5 Å². The molecule has 0 spiro atoms. The van der Waals surface area contributed by atoms with E-state index in [0.29, 0.717) is 5.56 Å². The third kappa shape index (κ3) is 4.56. The van der Waals surface area contributed by atoms with Crippen molar-refractivity contribution < 1.29 is 17.9 Å². The number of rotatable bonds is 7. The number of carbonyl (C=O) groups is 1. The number of anilines is 2. The van der Waals surface area contributed by atoms with Gasteiger partial charge in [0.05, 0.1) is 22.2 Å². The Morgan fingerprint density at radius 2 is 1.92 bits per heavy atom. The largest absolute Gasteiger partial charge is 0.480 e. The molecule has 1 amide bonds. The normalized spacial score (nSPS) is 13.7. The maximum Gasteiger partial charge on any atom is 0.262 e. The van der Waals surface area contributed by atoms with E-state index in [1.807, 2.05) is 6.07 Å². The van der Waals surface area contributed by atoms with Crippen molar-refractivity contribution in [2.24, 2.45) is 0 Å². The molecule has 1 saturated heterocycles. The summed E-state index contributed by atoms with van der Waals surface area (Å²) in [7, 11) is -1.12. The van der Waals surface area contributed by atoms with Gasteiger partial charge in [0.2, 0.25) is 5.88 Å². The molecule has 1 aliphatic heterocycles. The van der Waals surface area contributed by atoms with Gasteiger partial charge in [-0.25, -0.2) is 23.4 Å². The third-order valence-corrected chi connectivity index (χ3v) is 8.44. The molecule has 3 aromatic heterocycles. The van der Waals surface area contributed by atoms with E-state index in [2.05, 4.69) is 29.9 Å². The lowest BCUT2D eigenvalue weighted by Gasteiger charge is -2.16. The number of sulfonamides is 1. The molecule has 2 N–H and O–H groups in total. The molecule has 186 valence electrons. The van der Waals surface area contributed by atoms with Crippen LogP contribution in [0.2, 0.25) is 0 Å². The van der Waals surface area contributed by atoms with Gasteiger partial charge in [-0.05, 0) is 43.2 Å². The van der Waals surface area contributed by atoms with E-state index in [1.54, 1.807) is 24.7 Å². The van der Waals surface area contributed by atoms with Crippen LogP contribution < -0.4 is 19.7 Å². The molecule has 1 fully saturated rings. The molecule has 1 aliphatic rings. The number of methoxy groups -OCH3 is 1. The summed E-state index contributed by atoms with van der Waals surface area (Å²) in [5, 5.41) is 2.49. The Kier molecular flexibility index (Phi) is 6.46. The number of hydrogen-bond acceptors (Lipinski definition) is 9. The van der Waals surface area contributed by atoms with Gasteiger partial charge in [-0.3, -0.25) is 9.52 Å². The number of fused-ring (bicyclic) bond motifs is 1. The second-order valence-corrected chi connectivity index (χ2v) is 10.9. The quantitative estimate of drug-likeness (QED) is 0.376. The van der Waals surface area contributed by atoms with Crippen molar-refractivity contribution in [1.82, 2.24) is 20.3 Å². The molecule has 4 aromatic rings. The molecule has 4 heterocycles. The highest BCUT2D eigenvalue weighted by Gasteiger charge is 2.22. The number of thiophene rings is 1. The second-order valence-electron chi connectivity index (χ2n) is 8.21. The van der Waals surface area contributed by atoms with Crippen LogP contribution in [0.15, 0.2) is 53.8 Å². The topological polar surface area (TPSA) is 126 Å². The second kappa shape index (κ2) is 9.70. The Balaban J connectivity index is 1.51. The van der Waals surface area contributed by atoms with Crippen molar-refractivity contribution in [3.05, 3.63) is 54.5 Å². The van der Waals surface area contributed by atoms with Crippen LogP contribution in [0, 0.1) is 0 Å². The predicted octanol–water partition coefficient (Wildman–Crippen LogP) is 3.52. The maximum absolute atomic E-state index is 13.2. The van der Waals surface area contributed by atoms with Crippen molar-refractivity contribution in [3.63, 3.8) is 0 Å². The minimum absolute atomic E-state index is 0.0524. The number of nitrogens with one attached hydrogen (secondary N) is 2. The number of aromatic nitrogens is 3. The van der Waals surface area contributed by atoms with E-state index in [4.69, 9.17) is 4.74 Å². The Morgan fingerprint density at radius 3 is 2.67 bits per heavy atom. The summed E-state index contributed by atoms with van der Waals surface area (Å²) >= 11 is 1.54. The first-order chi connectivity index (χ1) is 17.4. The Bertz CT molecular complexity index is 1550. The lowest BCUT2D eigenvalue weighted by Crippen LogP contribution is -2.19. The molecule has 0 aliphatic carbocycles. The van der Waals surface area contributed by atoms with Gasteiger partial charge in [0.15, 0.2) is 0 Å². The fourth-order valence-electron chi connectivity index (χ4n) is 4.11. The molecular weight excluding hydrogens is 500 g/mol. The summed E-state index contributed by atoms with van der Waals surface area (Å²) in [6.45, 7) is 1.94. The Hall–Kier alpha value is -3.77. The predicted molar refractivity (Wildman–Crippen MR) is 139 cm³/mol. The molecule has 0 radical (unpaired) electrons. The first-order valence-electron chi connectivity index (χ1n) is 11.3. The van der Waals surface area contributed by atoms with E-state index in [0.717, 1.165) is 46.8 Å². The monoisotopic (exact) mass is 524 g/mol. The molecule has 1 aromatic carbocycles. The zero-order chi connectivity index (χ0) is 25.3. The number of hydrogen-bond donors (Lipinski definition) is 2. The summed E-state index contributed by atoms with van der Waals surface area (Å²) < 4.78 is 35.2. The van der Waals surface area contributed by atoms with Gasteiger partial charge in [-0.15, -0.1) is 11.3 Å². The van der Waals surface area contributed by atoms with Gasteiger partial charge in [0.25, 0.3) is 15.9 Å². The number of benzene rings is 1. The minimum Gasteiger partial charge on any atom is -0.480 e. The van der Waals surface area contributed by atoms with E-state index in [9.17, 15) is 13.2 Å². The highest BCUT2D eigenvalue weighted by Crippen LogP contribution is 2.39. The molecule has 36 heavy (non-hydrogen) atoms. The van der Waals surface area contributed by atoms with Crippen molar-refractivity contribution in [2.45, 2.75) is 17.7 Å². The number of carbonyl (C=O) groups excluding carboxylic acids is 1. The molecular formula is C24H24N6O4S2. The van der Waals surface area contributed by atoms with Crippen LogP contribution in [0.3, 0.4) is 0 Å². The summed E-state index contributed by atoms with van der Waals surface area (Å²) in [6.07, 6.45) is 5.49. The number of ether oxygens (including phenoxy) is 1. The summed E-state index contributed by atoms with van der Waals surface area (Å²) in [4.78, 5) is 28.3. The van der Waals surface area contributed by atoms with Crippen LogP contribution >= 0.6 is 11.3 Å². The zero-order valence-electron chi connectivity index (χ0n) is 19.7. The smallest absolute Gasteiger partial charge is 0.262 e. The van der Waals surface area contributed by atoms with Crippen LogP contribution in [-0.4, -0.2) is 56.5 Å². The first kappa shape index (κ1) is 23.9. The van der Waals surface area contributed by atoms with Crippen molar-refractivity contribution in [2.75, 3.05) is 36.9 Å². The fourth-order valence-corrected chi connectivity index (χ4v) is 6.32. The van der Waals surface area contributed by atoms with E-state index in [1.165, 1.54) is 43.7 Å². The van der Waals surface area contributed by atoms with Crippen LogP contribution in [-0.2, 0) is 10.0 Å². The summed E-state index contributed by atoms with van der Waals surface area (Å²) in [6, 6.07) is 9.43. The van der Waals surface area contributed by atoms with Crippen LogP contribution in [0.1, 0.15) is 23.2 Å². The molecule has 0 saturated carbocycles. The molecule has 0 atom stereocenters. The van der Waals surface area contributed by atoms with Gasteiger partial charge in [-0.1, -0.05) is 6.07 Å². The van der Waals surface area contributed by atoms with Gasteiger partial charge in [-0.2, -0.15) is 0 Å². The van der Waals surface area contributed by atoms with Gasteiger partial charge >= 0.3 is 0 Å². The lowest BCUT2D eigenvalue weighted by molar-refractivity contribution is 0.0963. The van der Waals surface area contributed by atoms with Gasteiger partial charge in [0, 0.05) is 42.3 Å². The van der Waals surface area contributed by atoms with Crippen LogP contribution in [0.5, 0.6) is 5.88 Å². The molecule has 10 nitrogen and oxygen atoms in total. The highest BCUT2D eigenvalue weighted by atomic mass is 32.2. The zero-order valence-corrected chi connectivity index (χ0v) is 21.3. The van der Waals surface area contributed by atoms with Gasteiger partial charge < -0.3 is 15.0 Å². The number of pyridine rings is 1. The van der Waals surface area contributed by atoms with E-state index in [-0.39, 0.29) is 27.9 Å². The van der Waals surface area contributed by atoms with Crippen molar-refractivity contribution >= 4 is 49.0 Å². The number of amides is 1.